The van der Waals surface area contributed by atoms with Crippen LogP contribution in [0.1, 0.15) is 5.56 Å². The van der Waals surface area contributed by atoms with E-state index in [0.29, 0.717) is 16.0 Å². The van der Waals surface area contributed by atoms with Gasteiger partial charge in [-0.1, -0.05) is 12.1 Å². The molecule has 2 aromatic rings. The summed E-state index contributed by atoms with van der Waals surface area (Å²) in [4.78, 5) is 0.170. The summed E-state index contributed by atoms with van der Waals surface area (Å²) >= 11 is 3.28. The summed E-state index contributed by atoms with van der Waals surface area (Å²) in [6.45, 7) is 0.184. The highest BCUT2D eigenvalue weighted by Gasteiger charge is 2.15. The predicted octanol–water partition coefficient (Wildman–Crippen LogP) is 2.94. The van der Waals surface area contributed by atoms with Crippen LogP contribution in [0, 0.1) is 0 Å². The maximum absolute atomic E-state index is 12.3. The molecule has 0 radical (unpaired) electrons. The first-order valence-corrected chi connectivity index (χ1v) is 8.70. The summed E-state index contributed by atoms with van der Waals surface area (Å²) in [5, 5.41) is 0. The molecule has 0 amide bonds. The molecule has 0 unspecified atom stereocenters. The zero-order chi connectivity index (χ0) is 16.2. The van der Waals surface area contributed by atoms with Crippen LogP contribution in [0.2, 0.25) is 0 Å². The van der Waals surface area contributed by atoms with E-state index in [4.69, 9.17) is 9.47 Å². The number of nitrogens with one attached hydrogen (secondary N) is 1. The average Bonchev–Trinajstić information content (AvgIpc) is 2.53. The molecular weight excluding hydrogens is 370 g/mol. The second-order valence-corrected chi connectivity index (χ2v) is 7.09. The van der Waals surface area contributed by atoms with E-state index in [2.05, 4.69) is 20.7 Å². The van der Waals surface area contributed by atoms with Gasteiger partial charge in [-0.2, -0.15) is 0 Å². The van der Waals surface area contributed by atoms with Crippen LogP contribution in [0.15, 0.2) is 51.8 Å². The summed E-state index contributed by atoms with van der Waals surface area (Å²) < 4.78 is 38.0. The molecule has 0 aliphatic rings. The van der Waals surface area contributed by atoms with Crippen molar-refractivity contribution in [2.45, 2.75) is 11.4 Å². The fourth-order valence-corrected chi connectivity index (χ4v) is 3.59. The van der Waals surface area contributed by atoms with Crippen LogP contribution in [0.5, 0.6) is 11.5 Å². The molecule has 0 aliphatic heterocycles. The summed E-state index contributed by atoms with van der Waals surface area (Å²) in [5.41, 5.74) is 0.815. The molecule has 0 atom stereocenters. The van der Waals surface area contributed by atoms with Crippen LogP contribution in [0.4, 0.5) is 0 Å². The van der Waals surface area contributed by atoms with E-state index < -0.39 is 10.0 Å². The Morgan fingerprint density at radius 2 is 1.86 bits per heavy atom. The van der Waals surface area contributed by atoms with E-state index in [-0.39, 0.29) is 11.4 Å². The van der Waals surface area contributed by atoms with Gasteiger partial charge in [0.1, 0.15) is 11.5 Å². The molecule has 5 nitrogen and oxygen atoms in total. The number of hydrogen-bond acceptors (Lipinski definition) is 4. The van der Waals surface area contributed by atoms with Crippen molar-refractivity contribution in [1.29, 1.82) is 0 Å². The highest BCUT2D eigenvalue weighted by atomic mass is 79.9. The number of hydrogen-bond donors (Lipinski definition) is 1. The van der Waals surface area contributed by atoms with Crippen LogP contribution >= 0.6 is 15.9 Å². The summed E-state index contributed by atoms with van der Waals surface area (Å²) in [6.07, 6.45) is 0. The molecule has 1 N–H and O–H groups in total. The monoisotopic (exact) mass is 385 g/mol. The molecule has 22 heavy (non-hydrogen) atoms. The topological polar surface area (TPSA) is 64.6 Å². The van der Waals surface area contributed by atoms with Gasteiger partial charge in [0.25, 0.3) is 0 Å². The SMILES string of the molecule is COc1cccc(CNS(=O)(=O)c2ccc(OC)c(Br)c2)c1. The van der Waals surface area contributed by atoms with Gasteiger partial charge in [0, 0.05) is 6.54 Å². The fraction of sp³-hybridized carbons (Fsp3) is 0.200. The van der Waals surface area contributed by atoms with Crippen molar-refractivity contribution in [3.63, 3.8) is 0 Å². The Balaban J connectivity index is 2.15. The molecule has 0 saturated heterocycles. The normalized spacial score (nSPS) is 11.2. The van der Waals surface area contributed by atoms with E-state index in [9.17, 15) is 8.42 Å². The molecule has 0 saturated carbocycles. The second-order valence-electron chi connectivity index (χ2n) is 4.47. The molecular formula is C15H16BrNO4S. The van der Waals surface area contributed by atoms with E-state index >= 15 is 0 Å². The van der Waals surface area contributed by atoms with Crippen molar-refractivity contribution in [2.24, 2.45) is 0 Å². The predicted molar refractivity (Wildman–Crippen MR) is 87.7 cm³/mol. The first-order valence-electron chi connectivity index (χ1n) is 6.42. The Kier molecular flexibility index (Phi) is 5.44. The lowest BCUT2D eigenvalue weighted by molar-refractivity contribution is 0.411. The second kappa shape index (κ2) is 7.13. The lowest BCUT2D eigenvalue weighted by Crippen LogP contribution is -2.23. The van der Waals surface area contributed by atoms with Gasteiger partial charge in [-0.3, -0.25) is 0 Å². The maximum Gasteiger partial charge on any atom is 0.240 e. The number of benzene rings is 2. The number of sulfonamides is 1. The molecule has 2 rings (SSSR count). The van der Waals surface area contributed by atoms with Crippen molar-refractivity contribution < 1.29 is 17.9 Å². The molecule has 2 aromatic carbocycles. The third-order valence-corrected chi connectivity index (χ3v) is 5.05. The fourth-order valence-electron chi connectivity index (χ4n) is 1.86. The van der Waals surface area contributed by atoms with Gasteiger partial charge < -0.3 is 9.47 Å². The van der Waals surface area contributed by atoms with E-state index in [1.807, 2.05) is 12.1 Å². The Morgan fingerprint density at radius 1 is 1.09 bits per heavy atom. The first-order chi connectivity index (χ1) is 10.5. The maximum atomic E-state index is 12.3. The third-order valence-electron chi connectivity index (χ3n) is 3.03. The molecule has 0 aromatic heterocycles. The number of halogens is 1. The van der Waals surface area contributed by atoms with Crippen molar-refractivity contribution in [3.05, 3.63) is 52.5 Å². The van der Waals surface area contributed by atoms with E-state index in [0.717, 1.165) is 5.56 Å². The third kappa shape index (κ3) is 4.00. The van der Waals surface area contributed by atoms with Gasteiger partial charge in [0.05, 0.1) is 23.6 Å². The summed E-state index contributed by atoms with van der Waals surface area (Å²) in [7, 11) is -0.511. The molecule has 0 fully saturated rings. The van der Waals surface area contributed by atoms with Crippen molar-refractivity contribution in [3.8, 4) is 11.5 Å². The Bertz CT molecular complexity index is 762. The zero-order valence-corrected chi connectivity index (χ0v) is 14.6. The van der Waals surface area contributed by atoms with Crippen LogP contribution in [-0.2, 0) is 16.6 Å². The summed E-state index contributed by atoms with van der Waals surface area (Å²) in [6, 6.07) is 11.8. The largest absolute Gasteiger partial charge is 0.497 e. The van der Waals surface area contributed by atoms with E-state index in [1.54, 1.807) is 25.3 Å². The quantitative estimate of drug-likeness (QED) is 0.829. The average molecular weight is 386 g/mol. The highest BCUT2D eigenvalue weighted by molar-refractivity contribution is 9.10. The Labute approximate surface area is 138 Å². The van der Waals surface area contributed by atoms with Crippen molar-refractivity contribution in [1.82, 2.24) is 4.72 Å². The lowest BCUT2D eigenvalue weighted by atomic mass is 10.2. The van der Waals surface area contributed by atoms with Gasteiger partial charge in [-0.25, -0.2) is 13.1 Å². The minimum Gasteiger partial charge on any atom is -0.497 e. The van der Waals surface area contributed by atoms with Crippen molar-refractivity contribution in [2.75, 3.05) is 14.2 Å². The van der Waals surface area contributed by atoms with Gasteiger partial charge in [-0.15, -0.1) is 0 Å². The lowest BCUT2D eigenvalue weighted by Gasteiger charge is -2.10. The minimum atomic E-state index is -3.60. The standard InChI is InChI=1S/C15H16BrNO4S/c1-20-12-5-3-4-11(8-12)10-17-22(18,19)13-6-7-15(21-2)14(16)9-13/h3-9,17H,10H2,1-2H3. The van der Waals surface area contributed by atoms with Gasteiger partial charge in [-0.05, 0) is 51.8 Å². The number of rotatable bonds is 6. The molecule has 0 heterocycles. The minimum absolute atomic E-state index is 0.170. The molecule has 0 aliphatic carbocycles. The van der Waals surface area contributed by atoms with E-state index in [1.165, 1.54) is 19.2 Å². The molecule has 0 spiro atoms. The van der Waals surface area contributed by atoms with Crippen LogP contribution in [-0.4, -0.2) is 22.6 Å². The molecule has 7 heteroatoms. The van der Waals surface area contributed by atoms with Gasteiger partial charge in [0.2, 0.25) is 10.0 Å². The zero-order valence-electron chi connectivity index (χ0n) is 12.2. The Hall–Kier alpha value is -1.57. The van der Waals surface area contributed by atoms with Crippen LogP contribution < -0.4 is 14.2 Å². The highest BCUT2D eigenvalue weighted by Crippen LogP contribution is 2.27. The van der Waals surface area contributed by atoms with Crippen LogP contribution in [0.3, 0.4) is 0 Å². The van der Waals surface area contributed by atoms with Crippen molar-refractivity contribution >= 4 is 26.0 Å². The molecule has 118 valence electrons. The molecule has 0 bridgehead atoms. The first kappa shape index (κ1) is 16.8. The van der Waals surface area contributed by atoms with Gasteiger partial charge >= 0.3 is 0 Å². The summed E-state index contributed by atoms with van der Waals surface area (Å²) in [5.74, 6) is 1.26. The number of methoxy groups -OCH3 is 2. The van der Waals surface area contributed by atoms with Gasteiger partial charge in [0.15, 0.2) is 0 Å². The smallest absolute Gasteiger partial charge is 0.240 e. The number of ether oxygens (including phenoxy) is 2. The Morgan fingerprint density at radius 3 is 2.50 bits per heavy atom. The van der Waals surface area contributed by atoms with Crippen LogP contribution in [0.25, 0.3) is 0 Å².